The van der Waals surface area contributed by atoms with Crippen molar-refractivity contribution in [2.75, 3.05) is 0 Å². The standard InChI is InChI=1S/C14H16BrNO3/c1-9(14(18)19)16(12-6-7-12)13(17)8-10-2-4-11(15)5-3-10/h2-5,9,12H,6-8H2,1H3,(H,18,19). The van der Waals surface area contributed by atoms with Crippen molar-refractivity contribution >= 4 is 27.8 Å². The maximum atomic E-state index is 12.3. The third-order valence-electron chi connectivity index (χ3n) is 3.27. The molecule has 5 heteroatoms. The van der Waals surface area contributed by atoms with Crippen LogP contribution in [0.25, 0.3) is 0 Å². The first kappa shape index (κ1) is 14.1. The van der Waals surface area contributed by atoms with Gasteiger partial charge in [0.25, 0.3) is 0 Å². The molecule has 4 nitrogen and oxygen atoms in total. The number of amides is 1. The molecule has 1 aliphatic rings. The number of rotatable bonds is 5. The Labute approximate surface area is 120 Å². The Morgan fingerprint density at radius 1 is 1.37 bits per heavy atom. The lowest BCUT2D eigenvalue weighted by atomic mass is 10.1. The number of hydrogen-bond donors (Lipinski definition) is 1. The lowest BCUT2D eigenvalue weighted by Gasteiger charge is -2.26. The van der Waals surface area contributed by atoms with E-state index < -0.39 is 12.0 Å². The third-order valence-corrected chi connectivity index (χ3v) is 3.80. The van der Waals surface area contributed by atoms with Gasteiger partial charge in [0.1, 0.15) is 6.04 Å². The minimum Gasteiger partial charge on any atom is -0.480 e. The average Bonchev–Trinajstić information content (AvgIpc) is 3.16. The number of carboxylic acids is 1. The second-order valence-electron chi connectivity index (χ2n) is 4.85. The van der Waals surface area contributed by atoms with Crippen molar-refractivity contribution in [3.8, 4) is 0 Å². The number of carbonyl (C=O) groups excluding carboxylic acids is 1. The Balaban J connectivity index is 2.07. The molecule has 1 fully saturated rings. The van der Waals surface area contributed by atoms with Crippen molar-refractivity contribution in [2.45, 2.75) is 38.3 Å². The highest BCUT2D eigenvalue weighted by atomic mass is 79.9. The highest BCUT2D eigenvalue weighted by molar-refractivity contribution is 9.10. The molecule has 1 atom stereocenters. The molecule has 1 N–H and O–H groups in total. The molecule has 1 saturated carbocycles. The Morgan fingerprint density at radius 2 is 1.95 bits per heavy atom. The molecule has 1 aromatic rings. The summed E-state index contributed by atoms with van der Waals surface area (Å²) < 4.78 is 0.960. The van der Waals surface area contributed by atoms with Gasteiger partial charge >= 0.3 is 5.97 Å². The zero-order valence-corrected chi connectivity index (χ0v) is 12.3. The minimum absolute atomic E-state index is 0.106. The number of halogens is 1. The molecule has 0 aliphatic heterocycles. The fourth-order valence-corrected chi connectivity index (χ4v) is 2.34. The molecule has 0 saturated heterocycles. The molecule has 0 heterocycles. The average molecular weight is 326 g/mol. The molecule has 1 aliphatic carbocycles. The summed E-state index contributed by atoms with van der Waals surface area (Å²) in [5.74, 6) is -1.06. The van der Waals surface area contributed by atoms with Gasteiger partial charge in [0.15, 0.2) is 0 Å². The molecule has 1 amide bonds. The van der Waals surface area contributed by atoms with Gasteiger partial charge in [0, 0.05) is 10.5 Å². The molecule has 1 unspecified atom stereocenters. The highest BCUT2D eigenvalue weighted by Gasteiger charge is 2.38. The van der Waals surface area contributed by atoms with E-state index in [4.69, 9.17) is 5.11 Å². The van der Waals surface area contributed by atoms with Crippen molar-refractivity contribution in [2.24, 2.45) is 0 Å². The maximum absolute atomic E-state index is 12.3. The van der Waals surface area contributed by atoms with Crippen LogP contribution in [0.15, 0.2) is 28.7 Å². The van der Waals surface area contributed by atoms with Crippen LogP contribution in [0.1, 0.15) is 25.3 Å². The van der Waals surface area contributed by atoms with Crippen LogP contribution in [0.2, 0.25) is 0 Å². The number of aliphatic carboxylic acids is 1. The molecule has 0 aromatic heterocycles. The minimum atomic E-state index is -0.948. The predicted octanol–water partition coefficient (Wildman–Crippen LogP) is 2.46. The zero-order chi connectivity index (χ0) is 14.0. The molecule has 1 aromatic carbocycles. The number of carbonyl (C=O) groups is 2. The van der Waals surface area contributed by atoms with Crippen molar-refractivity contribution < 1.29 is 14.7 Å². The van der Waals surface area contributed by atoms with Crippen LogP contribution in [-0.2, 0) is 16.0 Å². The topological polar surface area (TPSA) is 57.6 Å². The van der Waals surface area contributed by atoms with E-state index in [1.165, 1.54) is 4.90 Å². The van der Waals surface area contributed by atoms with Crippen LogP contribution in [0.5, 0.6) is 0 Å². The third kappa shape index (κ3) is 3.56. The summed E-state index contributed by atoms with van der Waals surface area (Å²) in [4.78, 5) is 24.9. The first-order valence-corrected chi connectivity index (χ1v) is 7.06. The van der Waals surface area contributed by atoms with E-state index in [0.717, 1.165) is 22.9 Å². The van der Waals surface area contributed by atoms with Crippen LogP contribution in [0.4, 0.5) is 0 Å². The first-order valence-electron chi connectivity index (χ1n) is 6.27. The smallest absolute Gasteiger partial charge is 0.326 e. The van der Waals surface area contributed by atoms with Crippen LogP contribution in [-0.4, -0.2) is 34.0 Å². The molecular formula is C14H16BrNO3. The van der Waals surface area contributed by atoms with Crippen molar-refractivity contribution in [3.05, 3.63) is 34.3 Å². The summed E-state index contributed by atoms with van der Waals surface area (Å²) in [6.07, 6.45) is 2.06. The van der Waals surface area contributed by atoms with E-state index in [1.54, 1.807) is 6.92 Å². The van der Waals surface area contributed by atoms with Gasteiger partial charge in [0.2, 0.25) is 5.91 Å². The molecule has 102 valence electrons. The van der Waals surface area contributed by atoms with E-state index in [9.17, 15) is 9.59 Å². The molecule has 0 radical (unpaired) electrons. The van der Waals surface area contributed by atoms with Crippen LogP contribution >= 0.6 is 15.9 Å². The summed E-state index contributed by atoms with van der Waals surface area (Å²) in [6.45, 7) is 1.57. The highest BCUT2D eigenvalue weighted by Crippen LogP contribution is 2.29. The zero-order valence-electron chi connectivity index (χ0n) is 10.7. The van der Waals surface area contributed by atoms with Crippen molar-refractivity contribution in [3.63, 3.8) is 0 Å². The normalized spacial score (nSPS) is 15.9. The van der Waals surface area contributed by atoms with E-state index in [-0.39, 0.29) is 18.4 Å². The number of carboxylic acid groups (broad SMARTS) is 1. The van der Waals surface area contributed by atoms with E-state index in [2.05, 4.69) is 15.9 Å². The summed E-state index contributed by atoms with van der Waals surface area (Å²) in [5, 5.41) is 9.08. The van der Waals surface area contributed by atoms with Crippen LogP contribution in [0.3, 0.4) is 0 Å². The van der Waals surface area contributed by atoms with Gasteiger partial charge in [0.05, 0.1) is 6.42 Å². The fourth-order valence-electron chi connectivity index (χ4n) is 2.08. The van der Waals surface area contributed by atoms with Crippen molar-refractivity contribution in [1.82, 2.24) is 4.90 Å². The number of benzene rings is 1. The Hall–Kier alpha value is -1.36. The first-order chi connectivity index (χ1) is 8.99. The van der Waals surface area contributed by atoms with Crippen LogP contribution in [0, 0.1) is 0 Å². The van der Waals surface area contributed by atoms with Gasteiger partial charge in [-0.15, -0.1) is 0 Å². The number of hydrogen-bond acceptors (Lipinski definition) is 2. The summed E-state index contributed by atoms with van der Waals surface area (Å²) >= 11 is 3.34. The summed E-state index contributed by atoms with van der Waals surface area (Å²) in [6, 6.07) is 6.86. The second-order valence-corrected chi connectivity index (χ2v) is 5.77. The molecular weight excluding hydrogens is 310 g/mol. The summed E-state index contributed by atoms with van der Waals surface area (Å²) in [7, 11) is 0. The van der Waals surface area contributed by atoms with E-state index in [0.29, 0.717) is 0 Å². The van der Waals surface area contributed by atoms with Gasteiger partial charge in [-0.2, -0.15) is 0 Å². The lowest BCUT2D eigenvalue weighted by molar-refractivity contribution is -0.149. The maximum Gasteiger partial charge on any atom is 0.326 e. The Bertz CT molecular complexity index is 482. The van der Waals surface area contributed by atoms with Gasteiger partial charge < -0.3 is 10.0 Å². The fraction of sp³-hybridized carbons (Fsp3) is 0.429. The predicted molar refractivity (Wildman–Crippen MR) is 74.8 cm³/mol. The molecule has 0 bridgehead atoms. The molecule has 19 heavy (non-hydrogen) atoms. The Kier molecular flexibility index (Phi) is 4.24. The SMILES string of the molecule is CC(C(=O)O)N(C(=O)Cc1ccc(Br)cc1)C1CC1. The van der Waals surface area contributed by atoms with Gasteiger partial charge in [-0.1, -0.05) is 28.1 Å². The summed E-state index contributed by atoms with van der Waals surface area (Å²) in [5.41, 5.74) is 0.899. The van der Waals surface area contributed by atoms with E-state index >= 15 is 0 Å². The monoisotopic (exact) mass is 325 g/mol. The van der Waals surface area contributed by atoms with Crippen LogP contribution < -0.4 is 0 Å². The molecule has 0 spiro atoms. The second kappa shape index (κ2) is 5.74. The van der Waals surface area contributed by atoms with Gasteiger partial charge in [-0.05, 0) is 37.5 Å². The molecule has 2 rings (SSSR count). The quantitative estimate of drug-likeness (QED) is 0.904. The van der Waals surface area contributed by atoms with E-state index in [1.807, 2.05) is 24.3 Å². The largest absolute Gasteiger partial charge is 0.480 e. The number of nitrogens with zero attached hydrogens (tertiary/aromatic N) is 1. The van der Waals surface area contributed by atoms with Gasteiger partial charge in [-0.3, -0.25) is 4.79 Å². The van der Waals surface area contributed by atoms with Crippen molar-refractivity contribution in [1.29, 1.82) is 0 Å². The van der Waals surface area contributed by atoms with Gasteiger partial charge in [-0.25, -0.2) is 4.79 Å². The Morgan fingerprint density at radius 3 is 2.42 bits per heavy atom. The lowest BCUT2D eigenvalue weighted by Crippen LogP contribution is -2.45.